The average molecular weight is 280 g/mol. The molecule has 20 heavy (non-hydrogen) atoms. The van der Waals surface area contributed by atoms with Gasteiger partial charge < -0.3 is 15.3 Å². The third-order valence-corrected chi connectivity index (χ3v) is 5.43. The summed E-state index contributed by atoms with van der Waals surface area (Å²) in [5.41, 5.74) is 0. The molecule has 0 aromatic rings. The molecule has 114 valence electrons. The number of hydrogen-bond donors (Lipinski definition) is 2. The molecular formula is C16H28N2O2. The van der Waals surface area contributed by atoms with Gasteiger partial charge in [-0.25, -0.2) is 0 Å². The fourth-order valence-electron chi connectivity index (χ4n) is 4.16. The molecule has 2 atom stereocenters. The molecule has 2 heterocycles. The maximum Gasteiger partial charge on any atom is 0.223 e. The number of aliphatic hydroxyl groups is 1. The largest absolute Gasteiger partial charge is 0.396 e. The van der Waals surface area contributed by atoms with Gasteiger partial charge in [-0.2, -0.15) is 0 Å². The number of nitrogens with zero attached hydrogens (tertiary/aromatic N) is 1. The number of aliphatic hydroxyl groups excluding tert-OH is 1. The molecule has 2 aliphatic heterocycles. The van der Waals surface area contributed by atoms with Crippen LogP contribution in [0, 0.1) is 5.92 Å². The first-order chi connectivity index (χ1) is 9.76. The quantitative estimate of drug-likeness (QED) is 0.778. The lowest BCUT2D eigenvalue weighted by molar-refractivity contribution is -0.136. The van der Waals surface area contributed by atoms with Crippen molar-refractivity contribution in [2.24, 2.45) is 5.92 Å². The SMILES string of the molecule is O=C(CC1CC2CCC(C1)N2)N(CCCO)C1CCC1. The van der Waals surface area contributed by atoms with Gasteiger partial charge in [-0.1, -0.05) is 0 Å². The van der Waals surface area contributed by atoms with Crippen LogP contribution in [0.3, 0.4) is 0 Å². The van der Waals surface area contributed by atoms with Gasteiger partial charge in [0.25, 0.3) is 0 Å². The van der Waals surface area contributed by atoms with Gasteiger partial charge in [-0.05, 0) is 57.3 Å². The zero-order valence-electron chi connectivity index (χ0n) is 12.4. The Bertz CT molecular complexity index is 331. The van der Waals surface area contributed by atoms with Crippen molar-refractivity contribution in [3.05, 3.63) is 0 Å². The first-order valence-electron chi connectivity index (χ1n) is 8.42. The summed E-state index contributed by atoms with van der Waals surface area (Å²) in [5, 5.41) is 12.7. The van der Waals surface area contributed by atoms with E-state index in [1.54, 1.807) is 0 Å². The van der Waals surface area contributed by atoms with E-state index in [0.717, 1.165) is 32.2 Å². The monoisotopic (exact) mass is 280 g/mol. The number of rotatable bonds is 6. The lowest BCUT2D eigenvalue weighted by Gasteiger charge is -2.39. The van der Waals surface area contributed by atoms with Crippen LogP contribution in [0.5, 0.6) is 0 Å². The van der Waals surface area contributed by atoms with Gasteiger partial charge in [0.05, 0.1) is 0 Å². The maximum absolute atomic E-state index is 12.6. The molecule has 4 heteroatoms. The summed E-state index contributed by atoms with van der Waals surface area (Å²) in [6, 6.07) is 1.80. The zero-order valence-corrected chi connectivity index (χ0v) is 12.4. The first kappa shape index (κ1) is 14.3. The number of fused-ring (bicyclic) bond motifs is 2. The van der Waals surface area contributed by atoms with E-state index >= 15 is 0 Å². The second-order valence-electron chi connectivity index (χ2n) is 6.93. The van der Waals surface area contributed by atoms with E-state index in [2.05, 4.69) is 10.2 Å². The second kappa shape index (κ2) is 6.44. The molecule has 2 saturated heterocycles. The molecule has 0 radical (unpaired) electrons. The Kier molecular flexibility index (Phi) is 4.61. The van der Waals surface area contributed by atoms with Crippen molar-refractivity contribution in [1.82, 2.24) is 10.2 Å². The van der Waals surface area contributed by atoms with Crippen molar-refractivity contribution < 1.29 is 9.90 Å². The van der Waals surface area contributed by atoms with Gasteiger partial charge >= 0.3 is 0 Å². The van der Waals surface area contributed by atoms with E-state index in [1.165, 1.54) is 32.1 Å². The van der Waals surface area contributed by atoms with E-state index in [-0.39, 0.29) is 6.61 Å². The number of piperidine rings is 1. The fourth-order valence-corrected chi connectivity index (χ4v) is 4.16. The highest BCUT2D eigenvalue weighted by molar-refractivity contribution is 5.77. The minimum atomic E-state index is 0.188. The minimum absolute atomic E-state index is 0.188. The number of amides is 1. The Morgan fingerprint density at radius 1 is 1.15 bits per heavy atom. The Balaban J connectivity index is 1.52. The van der Waals surface area contributed by atoms with Gasteiger partial charge in [0, 0.05) is 37.7 Å². The third-order valence-electron chi connectivity index (χ3n) is 5.43. The molecule has 0 spiro atoms. The molecule has 1 saturated carbocycles. The van der Waals surface area contributed by atoms with Gasteiger partial charge in [0.2, 0.25) is 5.91 Å². The number of nitrogens with one attached hydrogen (secondary N) is 1. The summed E-state index contributed by atoms with van der Waals surface area (Å²) in [6.07, 6.45) is 9.99. The molecule has 2 bridgehead atoms. The predicted octanol–water partition coefficient (Wildman–Crippen LogP) is 1.67. The van der Waals surface area contributed by atoms with Crippen molar-refractivity contribution in [3.8, 4) is 0 Å². The van der Waals surface area contributed by atoms with E-state index in [9.17, 15) is 4.79 Å². The fraction of sp³-hybridized carbons (Fsp3) is 0.938. The van der Waals surface area contributed by atoms with Crippen LogP contribution < -0.4 is 5.32 Å². The lowest BCUT2D eigenvalue weighted by Crippen LogP contribution is -2.46. The number of hydrogen-bond acceptors (Lipinski definition) is 3. The maximum atomic E-state index is 12.6. The summed E-state index contributed by atoms with van der Waals surface area (Å²) >= 11 is 0. The van der Waals surface area contributed by atoms with E-state index in [0.29, 0.717) is 30.0 Å². The van der Waals surface area contributed by atoms with Crippen LogP contribution in [-0.2, 0) is 4.79 Å². The van der Waals surface area contributed by atoms with Crippen molar-refractivity contribution in [3.63, 3.8) is 0 Å². The lowest BCUT2D eigenvalue weighted by atomic mass is 9.87. The highest BCUT2D eigenvalue weighted by atomic mass is 16.3. The molecule has 0 aromatic carbocycles. The summed E-state index contributed by atoms with van der Waals surface area (Å²) in [7, 11) is 0. The van der Waals surface area contributed by atoms with Crippen molar-refractivity contribution in [2.75, 3.05) is 13.2 Å². The van der Waals surface area contributed by atoms with Crippen LogP contribution in [0.15, 0.2) is 0 Å². The number of carbonyl (C=O) groups excluding carboxylic acids is 1. The molecule has 2 unspecified atom stereocenters. The molecule has 1 amide bonds. The zero-order chi connectivity index (χ0) is 13.9. The van der Waals surface area contributed by atoms with Gasteiger partial charge in [-0.15, -0.1) is 0 Å². The van der Waals surface area contributed by atoms with Gasteiger partial charge in [-0.3, -0.25) is 4.79 Å². The van der Waals surface area contributed by atoms with Crippen LogP contribution in [-0.4, -0.2) is 47.2 Å². The summed E-state index contributed by atoms with van der Waals surface area (Å²) < 4.78 is 0. The Morgan fingerprint density at radius 2 is 1.85 bits per heavy atom. The average Bonchev–Trinajstić information content (AvgIpc) is 2.71. The molecule has 3 rings (SSSR count). The Labute approximate surface area is 121 Å². The third kappa shape index (κ3) is 3.17. The molecule has 4 nitrogen and oxygen atoms in total. The van der Waals surface area contributed by atoms with Crippen LogP contribution in [0.1, 0.15) is 57.8 Å². The van der Waals surface area contributed by atoms with Crippen molar-refractivity contribution in [2.45, 2.75) is 75.9 Å². The molecule has 1 aliphatic carbocycles. The van der Waals surface area contributed by atoms with Crippen LogP contribution in [0.25, 0.3) is 0 Å². The van der Waals surface area contributed by atoms with Crippen LogP contribution >= 0.6 is 0 Å². The first-order valence-corrected chi connectivity index (χ1v) is 8.42. The van der Waals surface area contributed by atoms with Crippen molar-refractivity contribution in [1.29, 1.82) is 0 Å². The van der Waals surface area contributed by atoms with E-state index in [4.69, 9.17) is 5.11 Å². The standard InChI is InChI=1S/C16H28N2O2/c19-8-2-7-18(15-3-1-4-15)16(20)11-12-9-13-5-6-14(10-12)17-13/h12-15,17,19H,1-11H2. The van der Waals surface area contributed by atoms with Crippen LogP contribution in [0.2, 0.25) is 0 Å². The Morgan fingerprint density at radius 3 is 2.40 bits per heavy atom. The van der Waals surface area contributed by atoms with Crippen LogP contribution in [0.4, 0.5) is 0 Å². The second-order valence-corrected chi connectivity index (χ2v) is 6.93. The summed E-state index contributed by atoms with van der Waals surface area (Å²) in [5.74, 6) is 0.924. The highest BCUT2D eigenvalue weighted by Crippen LogP contribution is 2.34. The smallest absolute Gasteiger partial charge is 0.223 e. The molecular weight excluding hydrogens is 252 g/mol. The Hall–Kier alpha value is -0.610. The predicted molar refractivity (Wildman–Crippen MR) is 78.3 cm³/mol. The van der Waals surface area contributed by atoms with E-state index < -0.39 is 0 Å². The topological polar surface area (TPSA) is 52.6 Å². The van der Waals surface area contributed by atoms with E-state index in [1.807, 2.05) is 0 Å². The molecule has 3 fully saturated rings. The summed E-state index contributed by atoms with van der Waals surface area (Å²) in [6.45, 7) is 0.936. The number of carbonyl (C=O) groups is 1. The highest BCUT2D eigenvalue weighted by Gasteiger charge is 2.36. The van der Waals surface area contributed by atoms with Gasteiger partial charge in [0.1, 0.15) is 0 Å². The summed E-state index contributed by atoms with van der Waals surface area (Å²) in [4.78, 5) is 14.7. The molecule has 2 N–H and O–H groups in total. The molecule has 0 aromatic heterocycles. The van der Waals surface area contributed by atoms with Crippen molar-refractivity contribution >= 4 is 5.91 Å². The minimum Gasteiger partial charge on any atom is -0.396 e. The molecule has 3 aliphatic rings. The normalized spacial score (nSPS) is 33.0. The van der Waals surface area contributed by atoms with Gasteiger partial charge in [0.15, 0.2) is 0 Å².